The van der Waals surface area contributed by atoms with Crippen molar-refractivity contribution in [2.24, 2.45) is 0 Å². The molecule has 0 spiro atoms. The molecule has 0 saturated heterocycles. The molecule has 0 aliphatic heterocycles. The van der Waals surface area contributed by atoms with E-state index in [0.29, 0.717) is 11.4 Å². The van der Waals surface area contributed by atoms with E-state index < -0.39 is 5.60 Å². The van der Waals surface area contributed by atoms with Crippen LogP contribution in [0.4, 0.5) is 5.69 Å². The van der Waals surface area contributed by atoms with E-state index in [0.717, 1.165) is 0 Å². The minimum absolute atomic E-state index is 0.0583. The zero-order valence-electron chi connectivity index (χ0n) is 13.8. The van der Waals surface area contributed by atoms with E-state index in [2.05, 4.69) is 5.32 Å². The second-order valence-electron chi connectivity index (χ2n) is 6.04. The molecule has 0 aliphatic carbocycles. The topological polar surface area (TPSA) is 67.9 Å². The van der Waals surface area contributed by atoms with Crippen LogP contribution in [-0.2, 0) is 14.3 Å². The number of hydrogen-bond acceptors (Lipinski definition) is 5. The first kappa shape index (κ1) is 18.0. The van der Waals surface area contributed by atoms with Gasteiger partial charge in [-0.3, -0.25) is 14.5 Å². The number of esters is 1. The van der Waals surface area contributed by atoms with Gasteiger partial charge in [0.15, 0.2) is 0 Å². The van der Waals surface area contributed by atoms with Crippen LogP contribution in [0.2, 0.25) is 0 Å². The van der Waals surface area contributed by atoms with Crippen molar-refractivity contribution < 1.29 is 19.1 Å². The Hall–Kier alpha value is -2.08. The van der Waals surface area contributed by atoms with Crippen molar-refractivity contribution in [1.82, 2.24) is 4.90 Å². The number of methoxy groups -OCH3 is 1. The van der Waals surface area contributed by atoms with Crippen LogP contribution in [0.15, 0.2) is 24.3 Å². The Bertz CT molecular complexity index is 523. The minimum Gasteiger partial charge on any atom is -0.497 e. The number of carbonyl (C=O) groups excluding carboxylic acids is 2. The summed E-state index contributed by atoms with van der Waals surface area (Å²) < 4.78 is 10.3. The number of amides is 1. The molecule has 22 heavy (non-hydrogen) atoms. The largest absolute Gasteiger partial charge is 0.497 e. The molecule has 6 nitrogen and oxygen atoms in total. The van der Waals surface area contributed by atoms with Crippen molar-refractivity contribution in [2.75, 3.05) is 32.6 Å². The fraction of sp³-hybridized carbons (Fsp3) is 0.500. The number of benzene rings is 1. The number of anilines is 1. The van der Waals surface area contributed by atoms with Crippen molar-refractivity contribution in [3.05, 3.63) is 24.3 Å². The van der Waals surface area contributed by atoms with Gasteiger partial charge in [0.2, 0.25) is 5.91 Å². The lowest BCUT2D eigenvalue weighted by Crippen LogP contribution is -2.37. The summed E-state index contributed by atoms with van der Waals surface area (Å²) in [6, 6.07) is 7.09. The molecular weight excluding hydrogens is 284 g/mol. The minimum atomic E-state index is -0.527. The summed E-state index contributed by atoms with van der Waals surface area (Å²) in [4.78, 5) is 25.2. The highest BCUT2D eigenvalue weighted by atomic mass is 16.6. The smallest absolute Gasteiger partial charge is 0.320 e. The molecule has 6 heteroatoms. The molecule has 0 radical (unpaired) electrons. The first-order valence-corrected chi connectivity index (χ1v) is 7.04. The van der Waals surface area contributed by atoms with Gasteiger partial charge >= 0.3 is 5.97 Å². The third-order valence-electron chi connectivity index (χ3n) is 2.59. The molecule has 0 aliphatic rings. The monoisotopic (exact) mass is 308 g/mol. The van der Waals surface area contributed by atoms with Gasteiger partial charge in [-0.05, 0) is 40.0 Å². The summed E-state index contributed by atoms with van der Waals surface area (Å²) in [6.45, 7) is 5.57. The molecule has 1 N–H and O–H groups in total. The number of rotatable bonds is 6. The van der Waals surface area contributed by atoms with Gasteiger partial charge in [0.25, 0.3) is 0 Å². The molecular formula is C16H24N2O4. The Labute approximate surface area is 131 Å². The fourth-order valence-corrected chi connectivity index (χ4v) is 1.80. The molecule has 0 aromatic heterocycles. The average molecular weight is 308 g/mol. The van der Waals surface area contributed by atoms with Gasteiger partial charge in [0, 0.05) is 11.8 Å². The SMILES string of the molecule is COc1cccc(NC(=O)CN(C)CC(=O)OC(C)(C)C)c1. The molecule has 1 amide bonds. The molecule has 0 unspecified atom stereocenters. The quantitative estimate of drug-likeness (QED) is 0.813. The maximum absolute atomic E-state index is 11.9. The molecule has 0 atom stereocenters. The van der Waals surface area contributed by atoms with Crippen LogP contribution in [0.1, 0.15) is 20.8 Å². The Morgan fingerprint density at radius 1 is 1.23 bits per heavy atom. The predicted molar refractivity (Wildman–Crippen MR) is 85.0 cm³/mol. The van der Waals surface area contributed by atoms with E-state index in [9.17, 15) is 9.59 Å². The van der Waals surface area contributed by atoms with Crippen LogP contribution in [0, 0.1) is 0 Å². The van der Waals surface area contributed by atoms with Crippen LogP contribution < -0.4 is 10.1 Å². The molecule has 0 heterocycles. The molecule has 1 aromatic rings. The Kier molecular flexibility index (Phi) is 6.37. The number of ether oxygens (including phenoxy) is 2. The molecule has 0 saturated carbocycles. The number of nitrogens with one attached hydrogen (secondary N) is 1. The fourth-order valence-electron chi connectivity index (χ4n) is 1.80. The van der Waals surface area contributed by atoms with Gasteiger partial charge in [0.05, 0.1) is 20.2 Å². The van der Waals surface area contributed by atoms with Crippen molar-refractivity contribution in [3.8, 4) is 5.75 Å². The molecule has 1 rings (SSSR count). The highest BCUT2D eigenvalue weighted by molar-refractivity contribution is 5.92. The second-order valence-corrected chi connectivity index (χ2v) is 6.04. The van der Waals surface area contributed by atoms with Crippen LogP contribution in [0.3, 0.4) is 0 Å². The van der Waals surface area contributed by atoms with E-state index in [1.165, 1.54) is 0 Å². The summed E-state index contributed by atoms with van der Waals surface area (Å²) in [6.07, 6.45) is 0. The lowest BCUT2D eigenvalue weighted by molar-refractivity contribution is -0.155. The lowest BCUT2D eigenvalue weighted by Gasteiger charge is -2.22. The summed E-state index contributed by atoms with van der Waals surface area (Å²) in [7, 11) is 3.25. The molecule has 1 aromatic carbocycles. The summed E-state index contributed by atoms with van der Waals surface area (Å²) in [5.41, 5.74) is 0.121. The number of hydrogen-bond donors (Lipinski definition) is 1. The van der Waals surface area contributed by atoms with E-state index >= 15 is 0 Å². The summed E-state index contributed by atoms with van der Waals surface area (Å²) in [5, 5.41) is 2.76. The molecule has 0 bridgehead atoms. The zero-order chi connectivity index (χ0) is 16.8. The third kappa shape index (κ3) is 7.08. The first-order valence-electron chi connectivity index (χ1n) is 7.04. The Morgan fingerprint density at radius 3 is 2.50 bits per heavy atom. The zero-order valence-corrected chi connectivity index (χ0v) is 13.8. The van der Waals surface area contributed by atoms with Gasteiger partial charge in [0.1, 0.15) is 11.4 Å². The van der Waals surface area contributed by atoms with Gasteiger partial charge in [-0.1, -0.05) is 6.07 Å². The van der Waals surface area contributed by atoms with E-state index in [-0.39, 0.29) is 25.0 Å². The van der Waals surface area contributed by atoms with Crippen molar-refractivity contribution in [3.63, 3.8) is 0 Å². The van der Waals surface area contributed by atoms with Gasteiger partial charge in [-0.25, -0.2) is 0 Å². The normalized spacial score (nSPS) is 11.2. The predicted octanol–water partition coefficient (Wildman–Crippen LogP) is 1.91. The average Bonchev–Trinajstić information content (AvgIpc) is 2.35. The van der Waals surface area contributed by atoms with Crippen molar-refractivity contribution in [1.29, 1.82) is 0 Å². The standard InChI is InChI=1S/C16H24N2O4/c1-16(2,3)22-15(20)11-18(4)10-14(19)17-12-7-6-8-13(9-12)21-5/h6-9H,10-11H2,1-5H3,(H,17,19). The highest BCUT2D eigenvalue weighted by Gasteiger charge is 2.18. The van der Waals surface area contributed by atoms with Crippen LogP contribution >= 0.6 is 0 Å². The Morgan fingerprint density at radius 2 is 1.91 bits per heavy atom. The highest BCUT2D eigenvalue weighted by Crippen LogP contribution is 2.16. The lowest BCUT2D eigenvalue weighted by atomic mass is 10.2. The first-order chi connectivity index (χ1) is 10.2. The maximum Gasteiger partial charge on any atom is 0.320 e. The summed E-state index contributed by atoms with van der Waals surface area (Å²) >= 11 is 0. The number of carbonyl (C=O) groups is 2. The molecule has 122 valence electrons. The van der Waals surface area contributed by atoms with Crippen LogP contribution in [0.5, 0.6) is 5.75 Å². The van der Waals surface area contributed by atoms with E-state index in [4.69, 9.17) is 9.47 Å². The number of nitrogens with zero attached hydrogens (tertiary/aromatic N) is 1. The van der Waals surface area contributed by atoms with E-state index in [1.807, 2.05) is 0 Å². The van der Waals surface area contributed by atoms with Crippen molar-refractivity contribution in [2.45, 2.75) is 26.4 Å². The van der Waals surface area contributed by atoms with Gasteiger partial charge in [-0.2, -0.15) is 0 Å². The maximum atomic E-state index is 11.9. The number of likely N-dealkylation sites (N-methyl/N-ethyl adjacent to an activating group) is 1. The van der Waals surface area contributed by atoms with Gasteiger partial charge in [-0.15, -0.1) is 0 Å². The van der Waals surface area contributed by atoms with Crippen molar-refractivity contribution >= 4 is 17.6 Å². The molecule has 0 fully saturated rings. The summed E-state index contributed by atoms with van der Waals surface area (Å²) in [5.74, 6) is 0.100. The van der Waals surface area contributed by atoms with E-state index in [1.54, 1.807) is 64.1 Å². The van der Waals surface area contributed by atoms with Gasteiger partial charge < -0.3 is 14.8 Å². The second kappa shape index (κ2) is 7.79. The van der Waals surface area contributed by atoms with Crippen LogP contribution in [0.25, 0.3) is 0 Å². The Balaban J connectivity index is 2.45. The third-order valence-corrected chi connectivity index (χ3v) is 2.59. The van der Waals surface area contributed by atoms with Crippen LogP contribution in [-0.4, -0.2) is 49.6 Å².